The molecule has 0 aromatic carbocycles. The number of nitrogens with one attached hydrogen (secondary N) is 2. The van der Waals surface area contributed by atoms with Crippen molar-refractivity contribution in [2.75, 3.05) is 0 Å². The number of rotatable bonds is 0. The van der Waals surface area contributed by atoms with Gasteiger partial charge in [-0.25, -0.2) is 0 Å². The minimum absolute atomic E-state index is 0. The summed E-state index contributed by atoms with van der Waals surface area (Å²) in [5, 5.41) is 28.4. The molecule has 102 valence electrons. The fourth-order valence-corrected chi connectivity index (χ4v) is 1.13. The summed E-state index contributed by atoms with van der Waals surface area (Å²) < 4.78 is 0. The summed E-state index contributed by atoms with van der Waals surface area (Å²) in [4.78, 5) is 16.6. The Bertz CT molecular complexity index is 189. The van der Waals surface area contributed by atoms with E-state index in [4.69, 9.17) is 42.1 Å². The standard InChI is InChI=1S/C6H12N2.HNO3.NO3.Pt/c7-5-3-1-2-4-6(5)8;2*2-1(3)4;/h5-8H,1-4H2;(H,2,3,4);;/q-2;;-1;+4/t5-,6-;;;/m1.../s1. The maximum atomic E-state index is 8.36. The minimum atomic E-state index is -1.75. The maximum absolute atomic E-state index is 8.36. The number of nitrogens with zero attached hydrogens (tertiary/aromatic N) is 2. The van der Waals surface area contributed by atoms with Crippen LogP contribution in [0.25, 0.3) is 11.5 Å². The van der Waals surface area contributed by atoms with Gasteiger partial charge in [0.2, 0.25) is 0 Å². The average Bonchev–Trinajstić information content (AvgIpc) is 2.08. The van der Waals surface area contributed by atoms with Crippen LogP contribution in [0.3, 0.4) is 0 Å². The van der Waals surface area contributed by atoms with E-state index in [-0.39, 0.29) is 33.1 Å². The van der Waals surface area contributed by atoms with Gasteiger partial charge in [-0.2, -0.15) is 12.1 Å². The molecule has 0 aliphatic heterocycles. The van der Waals surface area contributed by atoms with Crippen molar-refractivity contribution in [2.24, 2.45) is 0 Å². The van der Waals surface area contributed by atoms with Gasteiger partial charge in [-0.3, -0.25) is 0 Å². The molecule has 17 heavy (non-hydrogen) atoms. The molecule has 0 amide bonds. The first-order valence-electron chi connectivity index (χ1n) is 4.34. The molecule has 0 aromatic heterocycles. The predicted octanol–water partition coefficient (Wildman–Crippen LogP) is 1.81. The Labute approximate surface area is 111 Å². The van der Waals surface area contributed by atoms with Crippen LogP contribution in [0.5, 0.6) is 0 Å². The monoisotopic (exact) mass is 432 g/mol. The molecule has 1 aliphatic rings. The molecule has 0 saturated heterocycles. The van der Waals surface area contributed by atoms with Gasteiger partial charge in [0.05, 0.1) is 5.09 Å². The second-order valence-electron chi connectivity index (χ2n) is 2.96. The molecule has 10 nitrogen and oxygen atoms in total. The van der Waals surface area contributed by atoms with Gasteiger partial charge in [-0.05, 0) is 0 Å². The molecule has 0 spiro atoms. The normalized spacial score (nSPS) is 21.5. The Morgan fingerprint density at radius 3 is 1.29 bits per heavy atom. The van der Waals surface area contributed by atoms with Crippen LogP contribution in [0.4, 0.5) is 0 Å². The molecule has 3 N–H and O–H groups in total. The molecule has 0 aromatic rings. The van der Waals surface area contributed by atoms with Gasteiger partial charge in [0.1, 0.15) is 0 Å². The zero-order valence-electron chi connectivity index (χ0n) is 8.68. The maximum Gasteiger partial charge on any atom is 4.00 e. The Morgan fingerprint density at radius 1 is 1.00 bits per heavy atom. The van der Waals surface area contributed by atoms with E-state index in [2.05, 4.69) is 0 Å². The molecule has 0 bridgehead atoms. The van der Waals surface area contributed by atoms with Crippen LogP contribution in [0.2, 0.25) is 0 Å². The van der Waals surface area contributed by atoms with E-state index >= 15 is 0 Å². The largest absolute Gasteiger partial charge is 4.00 e. The van der Waals surface area contributed by atoms with Crippen molar-refractivity contribution < 1.29 is 36.4 Å². The van der Waals surface area contributed by atoms with Crippen molar-refractivity contribution in [3.63, 3.8) is 0 Å². The molecular formula is C6H13N4O6Pt+. The molecule has 1 saturated carbocycles. The summed E-state index contributed by atoms with van der Waals surface area (Å²) in [6.07, 6.45) is 4.25. The van der Waals surface area contributed by atoms with Gasteiger partial charge in [0, 0.05) is 0 Å². The SMILES string of the molecule is O=[N+]([O-])O.O=[N+]([O-])[O-].[NH-][C@@H]1CCCC[C@H]1[NH-].[Pt+4]. The van der Waals surface area contributed by atoms with Crippen molar-refractivity contribution in [3.05, 3.63) is 36.9 Å². The Morgan fingerprint density at radius 2 is 1.18 bits per heavy atom. The Kier molecular flexibility index (Phi) is 16.4. The molecule has 0 radical (unpaired) electrons. The van der Waals surface area contributed by atoms with Crippen LogP contribution in [0.15, 0.2) is 0 Å². The number of hydrogen-bond acceptors (Lipinski definition) is 5. The van der Waals surface area contributed by atoms with Gasteiger partial charge in [0.15, 0.2) is 0 Å². The van der Waals surface area contributed by atoms with E-state index in [1.54, 1.807) is 0 Å². The second kappa shape index (κ2) is 13.1. The smallest absolute Gasteiger partial charge is 0.676 e. The minimum Gasteiger partial charge on any atom is -0.676 e. The van der Waals surface area contributed by atoms with Crippen LogP contribution in [0.1, 0.15) is 25.7 Å². The van der Waals surface area contributed by atoms with E-state index < -0.39 is 10.2 Å². The van der Waals surface area contributed by atoms with Crippen LogP contribution in [0, 0.1) is 25.4 Å². The molecular weight excluding hydrogens is 419 g/mol. The summed E-state index contributed by atoms with van der Waals surface area (Å²) in [5.41, 5.74) is 14.6. The van der Waals surface area contributed by atoms with E-state index in [1.807, 2.05) is 0 Å². The molecule has 1 rings (SSSR count). The van der Waals surface area contributed by atoms with Crippen LogP contribution in [-0.2, 0) is 21.1 Å². The van der Waals surface area contributed by atoms with Crippen molar-refractivity contribution >= 4 is 0 Å². The van der Waals surface area contributed by atoms with E-state index in [9.17, 15) is 0 Å². The first-order valence-corrected chi connectivity index (χ1v) is 4.34. The van der Waals surface area contributed by atoms with Crippen LogP contribution < -0.4 is 0 Å². The zero-order valence-corrected chi connectivity index (χ0v) is 11.0. The fourth-order valence-electron chi connectivity index (χ4n) is 1.13. The Balaban J connectivity index is -0.000000189. The molecule has 11 heteroatoms. The molecule has 1 aliphatic carbocycles. The third-order valence-corrected chi connectivity index (χ3v) is 1.77. The van der Waals surface area contributed by atoms with Crippen molar-refractivity contribution in [3.8, 4) is 0 Å². The van der Waals surface area contributed by atoms with E-state index in [0.29, 0.717) is 0 Å². The predicted molar refractivity (Wildman–Crippen MR) is 53.8 cm³/mol. The average molecular weight is 432 g/mol. The molecule has 0 unspecified atom stereocenters. The number of hydrogen-bond donors (Lipinski definition) is 1. The van der Waals surface area contributed by atoms with Gasteiger partial charge in [0.25, 0.3) is 5.09 Å². The fraction of sp³-hybridized carbons (Fsp3) is 1.00. The summed E-state index contributed by atoms with van der Waals surface area (Å²) in [6.45, 7) is 0. The first kappa shape index (κ1) is 21.3. The van der Waals surface area contributed by atoms with Gasteiger partial charge >= 0.3 is 21.1 Å². The quantitative estimate of drug-likeness (QED) is 0.450. The zero-order chi connectivity index (χ0) is 13.1. The molecule has 0 heterocycles. The van der Waals surface area contributed by atoms with Crippen molar-refractivity contribution in [2.45, 2.75) is 37.8 Å². The summed E-state index contributed by atoms with van der Waals surface area (Å²) in [5.74, 6) is 0. The van der Waals surface area contributed by atoms with Gasteiger partial charge in [-0.15, -0.1) is 10.1 Å². The topological polar surface area (TPSA) is 177 Å². The molecule has 2 atom stereocenters. The van der Waals surface area contributed by atoms with Crippen molar-refractivity contribution in [1.82, 2.24) is 0 Å². The van der Waals surface area contributed by atoms with Crippen LogP contribution >= 0.6 is 0 Å². The summed E-state index contributed by atoms with van der Waals surface area (Å²) in [7, 11) is 0. The summed E-state index contributed by atoms with van der Waals surface area (Å²) >= 11 is 0. The third kappa shape index (κ3) is 25.4. The van der Waals surface area contributed by atoms with E-state index in [1.165, 1.54) is 12.8 Å². The Hall–Kier alpha value is -0.992. The summed E-state index contributed by atoms with van der Waals surface area (Å²) in [6, 6.07) is -0.160. The van der Waals surface area contributed by atoms with Crippen LogP contribution in [-0.4, -0.2) is 27.5 Å². The van der Waals surface area contributed by atoms with E-state index in [0.717, 1.165) is 12.8 Å². The van der Waals surface area contributed by atoms with Gasteiger partial charge in [-0.1, -0.05) is 25.7 Å². The van der Waals surface area contributed by atoms with Crippen molar-refractivity contribution in [1.29, 1.82) is 0 Å². The molecule has 1 fully saturated rings. The third-order valence-electron chi connectivity index (χ3n) is 1.77. The first-order chi connectivity index (χ1) is 7.27. The second-order valence-corrected chi connectivity index (χ2v) is 2.96. The van der Waals surface area contributed by atoms with Gasteiger partial charge < -0.3 is 32.0 Å².